The van der Waals surface area contributed by atoms with Crippen LogP contribution in [0.2, 0.25) is 0 Å². The van der Waals surface area contributed by atoms with Crippen LogP contribution in [-0.4, -0.2) is 0 Å². The van der Waals surface area contributed by atoms with Crippen molar-refractivity contribution in [3.8, 4) is 66.8 Å². The molecule has 1 aromatic heterocycles. The summed E-state index contributed by atoms with van der Waals surface area (Å²) in [7, 11) is 0. The molecule has 0 spiro atoms. The van der Waals surface area contributed by atoms with E-state index >= 15 is 0 Å². The molecule has 0 bridgehead atoms. The van der Waals surface area contributed by atoms with E-state index in [1.54, 1.807) is 0 Å². The summed E-state index contributed by atoms with van der Waals surface area (Å²) in [4.78, 5) is 4.90. The Labute approximate surface area is 574 Å². The fraction of sp³-hybridized carbons (Fsp3) is 0. The Kier molecular flexibility index (Phi) is 13.9. The lowest BCUT2D eigenvalue weighted by Gasteiger charge is -2.30. The van der Waals surface area contributed by atoms with E-state index in [2.05, 4.69) is 386 Å². The second kappa shape index (κ2) is 24.0. The molecule has 99 heavy (non-hydrogen) atoms. The summed E-state index contributed by atoms with van der Waals surface area (Å²) in [5.41, 5.74) is 21.8. The average Bonchev–Trinajstić information content (AvgIpc) is 1.21. The van der Waals surface area contributed by atoms with Crippen molar-refractivity contribution < 1.29 is 4.42 Å². The summed E-state index contributed by atoms with van der Waals surface area (Å²) in [6.07, 6.45) is 0. The number of nitrogens with zero attached hydrogens (tertiary/aromatic N) is 2. The van der Waals surface area contributed by atoms with Crippen molar-refractivity contribution in [3.63, 3.8) is 0 Å². The van der Waals surface area contributed by atoms with Crippen molar-refractivity contribution in [2.45, 2.75) is 0 Å². The fourth-order valence-electron chi connectivity index (χ4n) is 15.5. The van der Waals surface area contributed by atoms with Gasteiger partial charge in [0.15, 0.2) is 0 Å². The Balaban J connectivity index is 0.700. The molecular weight excluding hydrogens is 1200 g/mol. The lowest BCUT2D eigenvalue weighted by atomic mass is 9.91. The van der Waals surface area contributed by atoms with Gasteiger partial charge in [-0.2, -0.15) is 0 Å². The van der Waals surface area contributed by atoms with Gasteiger partial charge in [0, 0.05) is 44.5 Å². The fourth-order valence-corrected chi connectivity index (χ4v) is 15.5. The Bertz CT molecular complexity index is 6390. The first-order valence-corrected chi connectivity index (χ1v) is 34.0. The van der Waals surface area contributed by atoms with Gasteiger partial charge in [0.05, 0.1) is 17.1 Å². The lowest BCUT2D eigenvalue weighted by molar-refractivity contribution is 0.669. The third-order valence-corrected chi connectivity index (χ3v) is 20.2. The number of anilines is 6. The summed E-state index contributed by atoms with van der Waals surface area (Å²) < 4.78 is 6.84. The number of rotatable bonds is 12. The van der Waals surface area contributed by atoms with Crippen LogP contribution in [0.15, 0.2) is 381 Å². The van der Waals surface area contributed by atoms with Crippen molar-refractivity contribution in [3.05, 3.63) is 376 Å². The van der Waals surface area contributed by atoms with Crippen LogP contribution < -0.4 is 9.80 Å². The minimum atomic E-state index is 0.840. The van der Waals surface area contributed by atoms with Crippen molar-refractivity contribution in [1.82, 2.24) is 0 Å². The van der Waals surface area contributed by atoms with Crippen molar-refractivity contribution in [1.29, 1.82) is 0 Å². The topological polar surface area (TPSA) is 19.6 Å². The van der Waals surface area contributed by atoms with Gasteiger partial charge in [-0.25, -0.2) is 0 Å². The number of hydrogen-bond donors (Lipinski definition) is 0. The highest BCUT2D eigenvalue weighted by molar-refractivity contribution is 6.17. The van der Waals surface area contributed by atoms with E-state index in [4.69, 9.17) is 4.42 Å². The van der Waals surface area contributed by atoms with E-state index in [1.165, 1.54) is 81.3 Å². The van der Waals surface area contributed by atoms with Gasteiger partial charge >= 0.3 is 0 Å². The Hall–Kier alpha value is -13.1. The predicted octanol–water partition coefficient (Wildman–Crippen LogP) is 27.4. The monoisotopic (exact) mass is 1260 g/mol. The number of fused-ring (bicyclic) bond motifs is 11. The molecule has 0 aliphatic carbocycles. The maximum absolute atomic E-state index is 6.84. The third-order valence-electron chi connectivity index (χ3n) is 20.2. The molecule has 0 amide bonds. The predicted molar refractivity (Wildman–Crippen MR) is 421 cm³/mol. The van der Waals surface area contributed by atoms with Crippen LogP contribution in [0.4, 0.5) is 34.1 Å². The van der Waals surface area contributed by atoms with E-state index in [9.17, 15) is 0 Å². The van der Waals surface area contributed by atoms with Crippen molar-refractivity contribution >= 4 is 121 Å². The molecule has 3 nitrogen and oxygen atoms in total. The van der Waals surface area contributed by atoms with Gasteiger partial charge in [0.25, 0.3) is 0 Å². The SMILES string of the molecule is c1cc(-c2cc3ccccc3c3ccccc23)cc(N(c2ccc(-c3ccc4oc5cc(-c6cccc(N(c7ccccc7-c7cccc8ccccc78)c7ccccc7-c7cc8ccccc8c8ccccc78)c6)ccc5c4c3)cc2)c2ccccc2-c2ccc3ccccc3c2)c1. The van der Waals surface area contributed by atoms with Gasteiger partial charge in [0.2, 0.25) is 0 Å². The third kappa shape index (κ3) is 10.1. The molecule has 462 valence electrons. The van der Waals surface area contributed by atoms with Gasteiger partial charge in [-0.3, -0.25) is 0 Å². The zero-order valence-electron chi connectivity index (χ0n) is 54.1. The number of hydrogen-bond acceptors (Lipinski definition) is 3. The van der Waals surface area contributed by atoms with E-state index in [0.717, 1.165) is 106 Å². The van der Waals surface area contributed by atoms with Gasteiger partial charge in [-0.15, -0.1) is 0 Å². The maximum atomic E-state index is 6.84. The Morgan fingerprint density at radius 3 is 1.31 bits per heavy atom. The first-order valence-electron chi connectivity index (χ1n) is 34.0. The number of furan rings is 1. The highest BCUT2D eigenvalue weighted by Crippen LogP contribution is 2.50. The molecule has 0 unspecified atom stereocenters. The largest absolute Gasteiger partial charge is 0.456 e. The first kappa shape index (κ1) is 57.4. The summed E-state index contributed by atoms with van der Waals surface area (Å²) in [5.74, 6) is 0. The minimum Gasteiger partial charge on any atom is -0.456 e. The standard InChI is InChI=1S/C96H62N2O/c1-2-24-66-56-73(47-46-63(66)22-1)80-35-13-16-43-92(80)97(75-30-20-29-70(58-75)89-60-71-25-4-7-33-78(71)81-36-9-11-38-84(81)89)74-52-48-64(49-53-74)68-51-55-95-91(59-68)88-54-50-69(62-96(88)99-95)67-28-19-31-76(57-67)98(93-44-17-14-40-86(93)83-42-21-27-65-23-3-6-32-77(65)83)94-45-18-15-41-87(94)90-61-72-26-5-8-34-79(72)82-37-10-12-39-85(82)90/h1-62H. The smallest absolute Gasteiger partial charge is 0.136 e. The molecular formula is C96H62N2O. The summed E-state index contributed by atoms with van der Waals surface area (Å²) in [6.45, 7) is 0. The molecule has 18 aromatic carbocycles. The average molecular weight is 1260 g/mol. The molecule has 0 radical (unpaired) electrons. The molecule has 0 N–H and O–H groups in total. The molecule has 0 saturated carbocycles. The van der Waals surface area contributed by atoms with E-state index in [0.29, 0.717) is 0 Å². The maximum Gasteiger partial charge on any atom is 0.136 e. The van der Waals surface area contributed by atoms with Crippen LogP contribution in [0.25, 0.3) is 153 Å². The van der Waals surface area contributed by atoms with Crippen LogP contribution in [0.3, 0.4) is 0 Å². The molecule has 0 aliphatic heterocycles. The van der Waals surface area contributed by atoms with Gasteiger partial charge in [-0.1, -0.05) is 279 Å². The van der Waals surface area contributed by atoms with Crippen molar-refractivity contribution in [2.24, 2.45) is 0 Å². The lowest BCUT2D eigenvalue weighted by Crippen LogP contribution is -2.12. The molecule has 1 heterocycles. The van der Waals surface area contributed by atoms with E-state index in [1.807, 2.05) is 0 Å². The van der Waals surface area contributed by atoms with Gasteiger partial charge in [-0.05, 0) is 212 Å². The molecule has 3 heteroatoms. The number of benzene rings is 18. The summed E-state index contributed by atoms with van der Waals surface area (Å²) in [5, 5.41) is 16.9. The summed E-state index contributed by atoms with van der Waals surface area (Å²) in [6, 6.07) is 138. The highest BCUT2D eigenvalue weighted by Gasteiger charge is 2.25. The quantitative estimate of drug-likeness (QED) is 0.114. The van der Waals surface area contributed by atoms with Crippen LogP contribution in [0, 0.1) is 0 Å². The van der Waals surface area contributed by atoms with Crippen LogP contribution in [0.1, 0.15) is 0 Å². The molecule has 19 aromatic rings. The van der Waals surface area contributed by atoms with Crippen LogP contribution in [0.5, 0.6) is 0 Å². The molecule has 0 aliphatic rings. The zero-order valence-corrected chi connectivity index (χ0v) is 54.1. The van der Waals surface area contributed by atoms with E-state index in [-0.39, 0.29) is 0 Å². The molecule has 19 rings (SSSR count). The second-order valence-electron chi connectivity index (χ2n) is 25.9. The molecule has 0 atom stereocenters. The normalized spacial score (nSPS) is 11.6. The van der Waals surface area contributed by atoms with Crippen LogP contribution >= 0.6 is 0 Å². The van der Waals surface area contributed by atoms with Gasteiger partial charge in [0.1, 0.15) is 11.2 Å². The number of para-hydroxylation sites is 3. The second-order valence-corrected chi connectivity index (χ2v) is 25.9. The van der Waals surface area contributed by atoms with E-state index < -0.39 is 0 Å². The minimum absolute atomic E-state index is 0.840. The molecule has 0 saturated heterocycles. The molecule has 0 fully saturated rings. The summed E-state index contributed by atoms with van der Waals surface area (Å²) >= 11 is 0. The Morgan fingerprint density at radius 2 is 0.606 bits per heavy atom. The Morgan fingerprint density at radius 1 is 0.162 bits per heavy atom. The van der Waals surface area contributed by atoms with Crippen molar-refractivity contribution in [2.75, 3.05) is 9.80 Å². The first-order chi connectivity index (χ1) is 49.1. The van der Waals surface area contributed by atoms with Gasteiger partial charge < -0.3 is 14.2 Å². The highest BCUT2D eigenvalue weighted by atomic mass is 16.3. The van der Waals surface area contributed by atoms with Crippen LogP contribution in [-0.2, 0) is 0 Å². The zero-order chi connectivity index (χ0) is 65.3.